The fourth-order valence-corrected chi connectivity index (χ4v) is 0.931. The van der Waals surface area contributed by atoms with E-state index in [-0.39, 0.29) is 0 Å². The first-order valence-corrected chi connectivity index (χ1v) is 4.18. The van der Waals surface area contributed by atoms with E-state index in [1.54, 1.807) is 0 Å². The number of aliphatic hydroxyl groups is 3. The van der Waals surface area contributed by atoms with E-state index in [9.17, 15) is 14.7 Å². The lowest BCUT2D eigenvalue weighted by molar-refractivity contribution is -0.137. The topological polar surface area (TPSA) is 107 Å². The summed E-state index contributed by atoms with van der Waals surface area (Å²) in [5.41, 5.74) is 0. The van der Waals surface area contributed by atoms with Crippen LogP contribution in [0.4, 0.5) is 0 Å². The van der Waals surface area contributed by atoms with E-state index in [1.165, 1.54) is 13.8 Å². The summed E-state index contributed by atoms with van der Waals surface area (Å²) in [7, 11) is 0. The van der Waals surface area contributed by atoms with Crippen LogP contribution < -0.4 is 5.32 Å². The second kappa shape index (κ2) is 5.69. The number of Topliss-reactive ketones (excluding diaryl/α,β-unsaturated/α-hetero) is 1. The molecule has 0 saturated heterocycles. The summed E-state index contributed by atoms with van der Waals surface area (Å²) in [5.74, 6) is -1.31. The first-order valence-electron chi connectivity index (χ1n) is 4.18. The van der Waals surface area contributed by atoms with E-state index in [4.69, 9.17) is 10.2 Å². The molecule has 0 radical (unpaired) electrons. The molecule has 0 bridgehead atoms. The third-order valence-electron chi connectivity index (χ3n) is 1.67. The van der Waals surface area contributed by atoms with E-state index >= 15 is 0 Å². The van der Waals surface area contributed by atoms with Crippen LogP contribution in [0.5, 0.6) is 0 Å². The quantitative estimate of drug-likeness (QED) is 0.407. The summed E-state index contributed by atoms with van der Waals surface area (Å²) < 4.78 is 0. The number of amides is 1. The minimum absolute atomic E-state index is 0.471. The Morgan fingerprint density at radius 3 is 2.14 bits per heavy atom. The zero-order valence-corrected chi connectivity index (χ0v) is 8.10. The second-order valence-electron chi connectivity index (χ2n) is 3.01. The van der Waals surface area contributed by atoms with Crippen LogP contribution >= 0.6 is 0 Å². The van der Waals surface area contributed by atoms with Gasteiger partial charge in [-0.15, -0.1) is 0 Å². The van der Waals surface area contributed by atoms with E-state index in [2.05, 4.69) is 5.32 Å². The molecule has 6 heteroatoms. The van der Waals surface area contributed by atoms with Gasteiger partial charge in [-0.2, -0.15) is 0 Å². The van der Waals surface area contributed by atoms with Gasteiger partial charge in [0, 0.05) is 6.92 Å². The van der Waals surface area contributed by atoms with Gasteiger partial charge in [-0.3, -0.25) is 9.59 Å². The van der Waals surface area contributed by atoms with Crippen LogP contribution in [0.25, 0.3) is 0 Å². The van der Waals surface area contributed by atoms with Gasteiger partial charge >= 0.3 is 0 Å². The van der Waals surface area contributed by atoms with Crippen molar-refractivity contribution in [3.8, 4) is 0 Å². The first-order chi connectivity index (χ1) is 6.40. The van der Waals surface area contributed by atoms with Crippen LogP contribution in [-0.4, -0.2) is 51.9 Å². The lowest BCUT2D eigenvalue weighted by Crippen LogP contribution is -2.50. The predicted octanol–water partition coefficient (Wildman–Crippen LogP) is -2.21. The second-order valence-corrected chi connectivity index (χ2v) is 3.01. The average Bonchev–Trinajstić information content (AvgIpc) is 2.11. The van der Waals surface area contributed by atoms with Crippen LogP contribution in [0.2, 0.25) is 0 Å². The molecule has 3 atom stereocenters. The largest absolute Gasteiger partial charge is 0.394 e. The molecular weight excluding hydrogens is 190 g/mol. The zero-order chi connectivity index (χ0) is 11.3. The molecule has 4 N–H and O–H groups in total. The van der Waals surface area contributed by atoms with Gasteiger partial charge in [0.25, 0.3) is 0 Å². The highest BCUT2D eigenvalue weighted by molar-refractivity contribution is 5.88. The van der Waals surface area contributed by atoms with Gasteiger partial charge in [0.15, 0.2) is 5.78 Å². The third kappa shape index (κ3) is 3.82. The van der Waals surface area contributed by atoms with Crippen molar-refractivity contribution in [1.29, 1.82) is 0 Å². The van der Waals surface area contributed by atoms with Crippen molar-refractivity contribution in [2.75, 3.05) is 6.61 Å². The number of hydrogen-bond donors (Lipinski definition) is 4. The number of rotatable bonds is 5. The van der Waals surface area contributed by atoms with E-state index in [0.717, 1.165) is 0 Å². The Bertz CT molecular complexity index is 216. The predicted molar refractivity (Wildman–Crippen MR) is 47.4 cm³/mol. The van der Waals surface area contributed by atoms with Gasteiger partial charge in [-0.05, 0) is 6.92 Å². The standard InChI is InChI=1S/C8H15NO5/c1-4(11)7(13)8(14)6(3-10)9-5(2)12/h4,6,8,10-11,14H,3H2,1-2H3,(H,9,12)/t4-,6-,8-/m0/s1. The molecule has 0 aromatic heterocycles. The summed E-state index contributed by atoms with van der Waals surface area (Å²) in [6, 6.07) is -1.07. The summed E-state index contributed by atoms with van der Waals surface area (Å²) in [6.45, 7) is 1.83. The molecule has 82 valence electrons. The maximum absolute atomic E-state index is 11.1. The summed E-state index contributed by atoms with van der Waals surface area (Å²) in [5, 5.41) is 29.1. The highest BCUT2D eigenvalue weighted by Crippen LogP contribution is 1.99. The molecule has 1 amide bonds. The SMILES string of the molecule is CC(=O)N[C@@H](CO)[C@H](O)C(=O)[C@H](C)O. The normalized spacial score (nSPS) is 16.9. The number of aliphatic hydroxyl groups excluding tert-OH is 3. The minimum atomic E-state index is -1.59. The lowest BCUT2D eigenvalue weighted by Gasteiger charge is -2.21. The third-order valence-corrected chi connectivity index (χ3v) is 1.67. The molecule has 0 aromatic carbocycles. The average molecular weight is 205 g/mol. The lowest BCUT2D eigenvalue weighted by atomic mass is 10.0. The Balaban J connectivity index is 4.37. The van der Waals surface area contributed by atoms with Gasteiger partial charge in [-0.25, -0.2) is 0 Å². The number of carbonyl (C=O) groups is 2. The number of carbonyl (C=O) groups excluding carboxylic acids is 2. The van der Waals surface area contributed by atoms with Crippen LogP contribution in [-0.2, 0) is 9.59 Å². The number of nitrogens with one attached hydrogen (secondary N) is 1. The van der Waals surface area contributed by atoms with Crippen molar-refractivity contribution in [1.82, 2.24) is 5.32 Å². The van der Waals surface area contributed by atoms with Gasteiger partial charge in [0.2, 0.25) is 5.91 Å². The van der Waals surface area contributed by atoms with E-state index in [1.807, 2.05) is 0 Å². The van der Waals surface area contributed by atoms with Crippen molar-refractivity contribution in [3.05, 3.63) is 0 Å². The van der Waals surface area contributed by atoms with Gasteiger partial charge in [-0.1, -0.05) is 0 Å². The molecule has 0 fully saturated rings. The first kappa shape index (κ1) is 13.0. The van der Waals surface area contributed by atoms with Crippen molar-refractivity contribution in [2.24, 2.45) is 0 Å². The van der Waals surface area contributed by atoms with Crippen molar-refractivity contribution >= 4 is 11.7 Å². The van der Waals surface area contributed by atoms with Crippen molar-refractivity contribution in [3.63, 3.8) is 0 Å². The molecule has 0 rings (SSSR count). The highest BCUT2D eigenvalue weighted by Gasteiger charge is 2.28. The molecule has 0 heterocycles. The zero-order valence-electron chi connectivity index (χ0n) is 8.10. The molecule has 0 aliphatic heterocycles. The number of ketones is 1. The van der Waals surface area contributed by atoms with Gasteiger partial charge < -0.3 is 20.6 Å². The molecule has 14 heavy (non-hydrogen) atoms. The fourth-order valence-electron chi connectivity index (χ4n) is 0.931. The van der Waals surface area contributed by atoms with Crippen LogP contribution in [0.1, 0.15) is 13.8 Å². The molecule has 6 nitrogen and oxygen atoms in total. The molecule has 0 saturated carbocycles. The smallest absolute Gasteiger partial charge is 0.217 e. The Morgan fingerprint density at radius 2 is 1.86 bits per heavy atom. The molecule has 0 aliphatic carbocycles. The maximum Gasteiger partial charge on any atom is 0.217 e. The monoisotopic (exact) mass is 205 g/mol. The molecular formula is C8H15NO5. The Kier molecular flexibility index (Phi) is 5.29. The minimum Gasteiger partial charge on any atom is -0.394 e. The van der Waals surface area contributed by atoms with E-state index < -0.39 is 36.5 Å². The summed E-state index contributed by atoms with van der Waals surface area (Å²) >= 11 is 0. The van der Waals surface area contributed by atoms with E-state index in [0.29, 0.717) is 0 Å². The Labute approximate surface area is 81.5 Å². The summed E-state index contributed by atoms with van der Waals surface area (Å²) in [4.78, 5) is 21.7. The van der Waals surface area contributed by atoms with Gasteiger partial charge in [0.1, 0.15) is 12.2 Å². The highest BCUT2D eigenvalue weighted by atomic mass is 16.3. The number of hydrogen-bond acceptors (Lipinski definition) is 5. The van der Waals surface area contributed by atoms with Crippen molar-refractivity contribution in [2.45, 2.75) is 32.1 Å². The van der Waals surface area contributed by atoms with Crippen LogP contribution in [0.15, 0.2) is 0 Å². The molecule has 0 unspecified atom stereocenters. The molecule has 0 aliphatic rings. The molecule has 0 aromatic rings. The van der Waals surface area contributed by atoms with Crippen LogP contribution in [0.3, 0.4) is 0 Å². The Morgan fingerprint density at radius 1 is 1.36 bits per heavy atom. The maximum atomic E-state index is 11.1. The summed E-state index contributed by atoms with van der Waals surface area (Å²) in [6.07, 6.45) is -2.92. The Hall–Kier alpha value is -0.980. The molecule has 0 spiro atoms. The van der Waals surface area contributed by atoms with Gasteiger partial charge in [0.05, 0.1) is 12.6 Å². The van der Waals surface area contributed by atoms with Crippen molar-refractivity contribution < 1.29 is 24.9 Å². The van der Waals surface area contributed by atoms with Crippen LogP contribution in [0, 0.1) is 0 Å². The fraction of sp³-hybridized carbons (Fsp3) is 0.750.